The summed E-state index contributed by atoms with van der Waals surface area (Å²) in [6.45, 7) is 11.2. The number of nitrogens with one attached hydrogen (secondary N) is 1. The molecule has 1 amide bonds. The molecule has 3 nitrogen and oxygen atoms in total. The van der Waals surface area contributed by atoms with Gasteiger partial charge in [-0.15, -0.1) is 0 Å². The van der Waals surface area contributed by atoms with Gasteiger partial charge in [0.1, 0.15) is 0 Å². The standard InChI is InChI=1S/C13H24N2O/c1-10-7-13(8-11(16)14-9-13)5-6-15(10)12(2,3)4/h10H,5-9H2,1-4H3,(H,14,16). The van der Waals surface area contributed by atoms with Gasteiger partial charge in [-0.05, 0) is 52.5 Å². The maximum atomic E-state index is 11.4. The van der Waals surface area contributed by atoms with Crippen molar-refractivity contribution in [3.05, 3.63) is 0 Å². The largest absolute Gasteiger partial charge is 0.356 e. The first-order valence-corrected chi connectivity index (χ1v) is 6.36. The number of rotatable bonds is 0. The zero-order valence-corrected chi connectivity index (χ0v) is 11.0. The van der Waals surface area contributed by atoms with Crippen LogP contribution in [0.5, 0.6) is 0 Å². The minimum Gasteiger partial charge on any atom is -0.356 e. The van der Waals surface area contributed by atoms with Crippen molar-refractivity contribution in [1.82, 2.24) is 10.2 Å². The SMILES string of the molecule is CC1CC2(CCN1C(C)(C)C)CNC(=O)C2. The molecule has 3 heteroatoms. The van der Waals surface area contributed by atoms with Gasteiger partial charge in [-0.25, -0.2) is 0 Å². The molecule has 1 spiro atoms. The molecule has 2 aliphatic rings. The first-order valence-electron chi connectivity index (χ1n) is 6.36. The number of hydrogen-bond acceptors (Lipinski definition) is 2. The Kier molecular flexibility index (Phi) is 2.77. The van der Waals surface area contributed by atoms with Crippen LogP contribution in [0.4, 0.5) is 0 Å². The molecule has 1 N–H and O–H groups in total. The summed E-state index contributed by atoms with van der Waals surface area (Å²) in [5, 5.41) is 3.00. The first kappa shape index (κ1) is 11.9. The highest BCUT2D eigenvalue weighted by Crippen LogP contribution is 2.41. The van der Waals surface area contributed by atoms with E-state index in [0.717, 1.165) is 32.4 Å². The van der Waals surface area contributed by atoms with Crippen LogP contribution >= 0.6 is 0 Å². The highest BCUT2D eigenvalue weighted by atomic mass is 16.1. The number of hydrogen-bond donors (Lipinski definition) is 1. The summed E-state index contributed by atoms with van der Waals surface area (Å²) in [6, 6.07) is 0.585. The van der Waals surface area contributed by atoms with E-state index in [1.807, 2.05) is 0 Å². The predicted octanol–water partition coefficient (Wildman–Crippen LogP) is 1.78. The average Bonchev–Trinajstić information content (AvgIpc) is 2.44. The fourth-order valence-corrected chi connectivity index (χ4v) is 3.49. The first-order chi connectivity index (χ1) is 7.32. The Morgan fingerprint density at radius 2 is 2.12 bits per heavy atom. The van der Waals surface area contributed by atoms with Crippen molar-refractivity contribution >= 4 is 5.91 Å². The lowest BCUT2D eigenvalue weighted by molar-refractivity contribution is -0.120. The normalized spacial score (nSPS) is 36.8. The van der Waals surface area contributed by atoms with Crippen LogP contribution in [-0.2, 0) is 4.79 Å². The zero-order chi connectivity index (χ0) is 12.0. The van der Waals surface area contributed by atoms with Gasteiger partial charge < -0.3 is 5.32 Å². The fraction of sp³-hybridized carbons (Fsp3) is 0.923. The van der Waals surface area contributed by atoms with Gasteiger partial charge in [0.05, 0.1) is 0 Å². The number of carbonyl (C=O) groups is 1. The van der Waals surface area contributed by atoms with Crippen LogP contribution in [-0.4, -0.2) is 35.5 Å². The van der Waals surface area contributed by atoms with Crippen molar-refractivity contribution in [2.45, 2.75) is 58.5 Å². The summed E-state index contributed by atoms with van der Waals surface area (Å²) in [5.41, 5.74) is 0.509. The molecule has 2 unspecified atom stereocenters. The lowest BCUT2D eigenvalue weighted by Gasteiger charge is -2.49. The summed E-state index contributed by atoms with van der Waals surface area (Å²) in [4.78, 5) is 13.9. The Bertz CT molecular complexity index is 295. The highest BCUT2D eigenvalue weighted by Gasteiger charge is 2.45. The van der Waals surface area contributed by atoms with Crippen LogP contribution in [0.1, 0.15) is 47.0 Å². The molecule has 0 saturated carbocycles. The lowest BCUT2D eigenvalue weighted by Crippen LogP contribution is -2.54. The molecular weight excluding hydrogens is 200 g/mol. The smallest absolute Gasteiger partial charge is 0.220 e. The third kappa shape index (κ3) is 2.10. The van der Waals surface area contributed by atoms with Crippen molar-refractivity contribution in [3.63, 3.8) is 0 Å². The van der Waals surface area contributed by atoms with E-state index in [1.165, 1.54) is 0 Å². The maximum Gasteiger partial charge on any atom is 0.220 e. The topological polar surface area (TPSA) is 32.3 Å². The highest BCUT2D eigenvalue weighted by molar-refractivity contribution is 5.79. The number of carbonyl (C=O) groups excluding carboxylic acids is 1. The van der Waals surface area contributed by atoms with Crippen LogP contribution in [0.3, 0.4) is 0 Å². The molecule has 0 radical (unpaired) electrons. The molecule has 2 atom stereocenters. The molecule has 0 aromatic heterocycles. The van der Waals surface area contributed by atoms with Crippen LogP contribution in [0.2, 0.25) is 0 Å². The van der Waals surface area contributed by atoms with Gasteiger partial charge in [0, 0.05) is 24.5 Å². The molecule has 2 fully saturated rings. The molecule has 2 heterocycles. The predicted molar refractivity (Wildman–Crippen MR) is 65.2 cm³/mol. The Morgan fingerprint density at radius 3 is 2.56 bits per heavy atom. The Hall–Kier alpha value is -0.570. The number of nitrogens with zero attached hydrogens (tertiary/aromatic N) is 1. The van der Waals surface area contributed by atoms with E-state index >= 15 is 0 Å². The van der Waals surface area contributed by atoms with Crippen molar-refractivity contribution in [2.24, 2.45) is 5.41 Å². The molecule has 2 rings (SSSR count). The molecule has 0 aromatic rings. The molecule has 0 bridgehead atoms. The van der Waals surface area contributed by atoms with E-state index in [4.69, 9.17) is 0 Å². The molecule has 0 aliphatic carbocycles. The van der Waals surface area contributed by atoms with Crippen LogP contribution < -0.4 is 5.32 Å². The van der Waals surface area contributed by atoms with E-state index in [0.29, 0.717) is 6.04 Å². The lowest BCUT2D eigenvalue weighted by atomic mass is 9.74. The van der Waals surface area contributed by atoms with Crippen LogP contribution in [0, 0.1) is 5.41 Å². The average molecular weight is 224 g/mol. The number of amides is 1. The van der Waals surface area contributed by atoms with Crippen molar-refractivity contribution in [1.29, 1.82) is 0 Å². The monoisotopic (exact) mass is 224 g/mol. The minimum absolute atomic E-state index is 0.247. The van der Waals surface area contributed by atoms with Gasteiger partial charge in [0.2, 0.25) is 5.91 Å². The van der Waals surface area contributed by atoms with E-state index < -0.39 is 0 Å². The van der Waals surface area contributed by atoms with Crippen molar-refractivity contribution in [3.8, 4) is 0 Å². The molecular formula is C13H24N2O. The van der Waals surface area contributed by atoms with E-state index in [-0.39, 0.29) is 16.9 Å². The Balaban J connectivity index is 2.05. The second-order valence-electron chi connectivity index (χ2n) is 6.62. The summed E-state index contributed by atoms with van der Waals surface area (Å²) < 4.78 is 0. The number of piperidine rings is 1. The van der Waals surface area contributed by atoms with Crippen LogP contribution in [0.25, 0.3) is 0 Å². The summed E-state index contributed by atoms with van der Waals surface area (Å²) in [5.74, 6) is 0.247. The fourth-order valence-electron chi connectivity index (χ4n) is 3.49. The van der Waals surface area contributed by atoms with Gasteiger partial charge in [-0.2, -0.15) is 0 Å². The Labute approximate surface area is 98.6 Å². The third-order valence-corrected chi connectivity index (χ3v) is 4.20. The maximum absolute atomic E-state index is 11.4. The van der Waals surface area contributed by atoms with E-state index in [1.54, 1.807) is 0 Å². The molecule has 16 heavy (non-hydrogen) atoms. The zero-order valence-electron chi connectivity index (χ0n) is 11.0. The molecule has 2 aliphatic heterocycles. The van der Waals surface area contributed by atoms with Crippen LogP contribution in [0.15, 0.2) is 0 Å². The van der Waals surface area contributed by atoms with Gasteiger partial charge in [-0.3, -0.25) is 9.69 Å². The summed E-state index contributed by atoms with van der Waals surface area (Å²) >= 11 is 0. The van der Waals surface area contributed by atoms with Gasteiger partial charge in [0.25, 0.3) is 0 Å². The van der Waals surface area contributed by atoms with Gasteiger partial charge in [-0.1, -0.05) is 0 Å². The van der Waals surface area contributed by atoms with E-state index in [9.17, 15) is 4.79 Å². The van der Waals surface area contributed by atoms with Gasteiger partial charge >= 0.3 is 0 Å². The third-order valence-electron chi connectivity index (χ3n) is 4.20. The van der Waals surface area contributed by atoms with E-state index in [2.05, 4.69) is 37.9 Å². The van der Waals surface area contributed by atoms with Gasteiger partial charge in [0.15, 0.2) is 0 Å². The van der Waals surface area contributed by atoms with Crippen molar-refractivity contribution in [2.75, 3.05) is 13.1 Å². The quantitative estimate of drug-likeness (QED) is 0.680. The Morgan fingerprint density at radius 1 is 1.44 bits per heavy atom. The second kappa shape index (κ2) is 3.73. The summed E-state index contributed by atoms with van der Waals surface area (Å²) in [6.07, 6.45) is 3.06. The second-order valence-corrected chi connectivity index (χ2v) is 6.62. The molecule has 92 valence electrons. The number of likely N-dealkylation sites (tertiary alicyclic amines) is 1. The molecule has 2 saturated heterocycles. The summed E-state index contributed by atoms with van der Waals surface area (Å²) in [7, 11) is 0. The van der Waals surface area contributed by atoms with Crippen molar-refractivity contribution < 1.29 is 4.79 Å². The molecule has 0 aromatic carbocycles. The minimum atomic E-state index is 0.247.